The van der Waals surface area contributed by atoms with Crippen molar-refractivity contribution in [3.05, 3.63) is 40.3 Å². The van der Waals surface area contributed by atoms with Gasteiger partial charge in [0.2, 0.25) is 0 Å². The second kappa shape index (κ2) is 9.49. The van der Waals surface area contributed by atoms with Crippen LogP contribution in [0.5, 0.6) is 11.5 Å². The van der Waals surface area contributed by atoms with E-state index in [1.54, 1.807) is 43.2 Å². The molecule has 3 rings (SSSR count). The molecule has 0 saturated carbocycles. The molecule has 9 nitrogen and oxygen atoms in total. The third-order valence-electron chi connectivity index (χ3n) is 4.49. The summed E-state index contributed by atoms with van der Waals surface area (Å²) in [7, 11) is 1.54. The van der Waals surface area contributed by atoms with Crippen LogP contribution in [0.15, 0.2) is 24.3 Å². The van der Waals surface area contributed by atoms with E-state index in [1.165, 1.54) is 11.3 Å². The zero-order valence-corrected chi connectivity index (χ0v) is 17.5. The number of benzene rings is 1. The number of ether oxygens (including phenoxy) is 3. The normalized spacial score (nSPS) is 12.7. The third kappa shape index (κ3) is 4.82. The van der Waals surface area contributed by atoms with E-state index >= 15 is 0 Å². The summed E-state index contributed by atoms with van der Waals surface area (Å²) in [5, 5.41) is 3.06. The maximum absolute atomic E-state index is 12.4. The van der Waals surface area contributed by atoms with E-state index in [4.69, 9.17) is 19.9 Å². The highest BCUT2D eigenvalue weighted by atomic mass is 32.1. The van der Waals surface area contributed by atoms with Crippen LogP contribution in [0, 0.1) is 0 Å². The SMILES string of the molecule is CCOC(=O)N1CCc2c(sc(NC(=O)COc3cccc(OC)c3)c2C(N)=O)C1. The smallest absolute Gasteiger partial charge is 0.410 e. The average Bonchev–Trinajstić information content (AvgIpc) is 3.09. The van der Waals surface area contributed by atoms with E-state index in [-0.39, 0.29) is 18.8 Å². The minimum atomic E-state index is -0.624. The molecule has 0 unspecified atom stereocenters. The number of amides is 3. The van der Waals surface area contributed by atoms with E-state index in [2.05, 4.69) is 5.32 Å². The molecule has 160 valence electrons. The van der Waals surface area contributed by atoms with Gasteiger partial charge in [-0.1, -0.05) is 6.07 Å². The molecule has 0 atom stereocenters. The molecule has 10 heteroatoms. The summed E-state index contributed by atoms with van der Waals surface area (Å²) in [6, 6.07) is 6.89. The number of primary amides is 1. The van der Waals surface area contributed by atoms with E-state index in [1.807, 2.05) is 0 Å². The summed E-state index contributed by atoms with van der Waals surface area (Å²) in [4.78, 5) is 38.8. The van der Waals surface area contributed by atoms with Crippen LogP contribution in [0.4, 0.5) is 9.80 Å². The van der Waals surface area contributed by atoms with Gasteiger partial charge in [0.15, 0.2) is 6.61 Å². The van der Waals surface area contributed by atoms with Crippen LogP contribution >= 0.6 is 11.3 Å². The van der Waals surface area contributed by atoms with Crippen LogP contribution in [0.25, 0.3) is 0 Å². The van der Waals surface area contributed by atoms with Gasteiger partial charge < -0.3 is 30.2 Å². The molecule has 0 saturated heterocycles. The van der Waals surface area contributed by atoms with Crippen molar-refractivity contribution >= 4 is 34.2 Å². The Morgan fingerprint density at radius 1 is 1.27 bits per heavy atom. The molecule has 0 bridgehead atoms. The second-order valence-electron chi connectivity index (χ2n) is 6.46. The maximum Gasteiger partial charge on any atom is 0.410 e. The molecule has 0 fully saturated rings. The molecule has 1 aromatic heterocycles. The molecule has 0 radical (unpaired) electrons. The Morgan fingerprint density at radius 3 is 2.73 bits per heavy atom. The lowest BCUT2D eigenvalue weighted by atomic mass is 10.0. The maximum atomic E-state index is 12.4. The van der Waals surface area contributed by atoms with Crippen molar-refractivity contribution in [2.75, 3.05) is 32.2 Å². The molecule has 0 spiro atoms. The van der Waals surface area contributed by atoms with Crippen LogP contribution in [-0.4, -0.2) is 49.7 Å². The van der Waals surface area contributed by atoms with Crippen LogP contribution in [0.2, 0.25) is 0 Å². The van der Waals surface area contributed by atoms with E-state index in [9.17, 15) is 14.4 Å². The Labute approximate surface area is 177 Å². The molecule has 1 aliphatic rings. The van der Waals surface area contributed by atoms with Gasteiger partial charge in [0, 0.05) is 17.5 Å². The molecule has 1 aromatic carbocycles. The number of hydrogen-bond donors (Lipinski definition) is 2. The summed E-state index contributed by atoms with van der Waals surface area (Å²) in [6.45, 7) is 2.49. The number of carbonyl (C=O) groups excluding carboxylic acids is 3. The van der Waals surface area contributed by atoms with Gasteiger partial charge in [0.25, 0.3) is 11.8 Å². The first-order chi connectivity index (χ1) is 14.4. The van der Waals surface area contributed by atoms with Crippen LogP contribution in [-0.2, 0) is 22.5 Å². The quantitative estimate of drug-likeness (QED) is 0.692. The summed E-state index contributed by atoms with van der Waals surface area (Å²) < 4.78 is 15.6. The zero-order valence-electron chi connectivity index (χ0n) is 16.7. The first-order valence-electron chi connectivity index (χ1n) is 9.35. The lowest BCUT2D eigenvalue weighted by Crippen LogP contribution is -2.36. The minimum absolute atomic E-state index is 0.247. The van der Waals surface area contributed by atoms with Crippen molar-refractivity contribution in [2.45, 2.75) is 19.9 Å². The number of carbonyl (C=O) groups is 3. The number of rotatable bonds is 7. The van der Waals surface area contributed by atoms with Crippen LogP contribution in [0.1, 0.15) is 27.7 Å². The standard InChI is InChI=1S/C20H23N3O6S/c1-3-28-20(26)23-8-7-14-15(10-23)30-19(17(14)18(21)25)22-16(24)11-29-13-6-4-5-12(9-13)27-2/h4-6,9H,3,7-8,10-11H2,1-2H3,(H2,21,25)(H,22,24). The second-order valence-corrected chi connectivity index (χ2v) is 7.56. The predicted molar refractivity (Wildman–Crippen MR) is 111 cm³/mol. The highest BCUT2D eigenvalue weighted by Crippen LogP contribution is 2.37. The summed E-state index contributed by atoms with van der Waals surface area (Å²) in [5.74, 6) is 0.0402. The van der Waals surface area contributed by atoms with Crippen molar-refractivity contribution in [2.24, 2.45) is 5.73 Å². The topological polar surface area (TPSA) is 120 Å². The zero-order chi connectivity index (χ0) is 21.7. The number of nitrogens with one attached hydrogen (secondary N) is 1. The summed E-state index contributed by atoms with van der Waals surface area (Å²) in [6.07, 6.45) is 0.0495. The fourth-order valence-corrected chi connectivity index (χ4v) is 4.41. The Kier molecular flexibility index (Phi) is 6.78. The van der Waals surface area contributed by atoms with Crippen molar-refractivity contribution in [3.8, 4) is 11.5 Å². The third-order valence-corrected chi connectivity index (χ3v) is 5.63. The highest BCUT2D eigenvalue weighted by molar-refractivity contribution is 7.17. The van der Waals surface area contributed by atoms with Crippen LogP contribution in [0.3, 0.4) is 0 Å². The van der Waals surface area contributed by atoms with Gasteiger partial charge in [-0.15, -0.1) is 11.3 Å². The van der Waals surface area contributed by atoms with Gasteiger partial charge in [-0.3, -0.25) is 9.59 Å². The number of nitrogens with two attached hydrogens (primary N) is 1. The van der Waals surface area contributed by atoms with Crippen molar-refractivity contribution in [1.29, 1.82) is 0 Å². The molecular weight excluding hydrogens is 410 g/mol. The lowest BCUT2D eigenvalue weighted by molar-refractivity contribution is -0.118. The van der Waals surface area contributed by atoms with Crippen LogP contribution < -0.4 is 20.5 Å². The number of nitrogens with zero attached hydrogens (tertiary/aromatic N) is 1. The molecule has 0 aliphatic carbocycles. The number of thiophene rings is 1. The lowest BCUT2D eigenvalue weighted by Gasteiger charge is -2.26. The Balaban J connectivity index is 1.70. The molecule has 3 amide bonds. The monoisotopic (exact) mass is 433 g/mol. The Bertz CT molecular complexity index is 958. The molecule has 3 N–H and O–H groups in total. The first-order valence-corrected chi connectivity index (χ1v) is 10.2. The Hall–Kier alpha value is -3.27. The molecule has 2 heterocycles. The number of fused-ring (bicyclic) bond motifs is 1. The first kappa shape index (κ1) is 21.4. The highest BCUT2D eigenvalue weighted by Gasteiger charge is 2.30. The molecule has 1 aliphatic heterocycles. The number of hydrogen-bond acceptors (Lipinski definition) is 7. The predicted octanol–water partition coefficient (Wildman–Crippen LogP) is 2.39. The summed E-state index contributed by atoms with van der Waals surface area (Å²) >= 11 is 1.23. The van der Waals surface area contributed by atoms with Gasteiger partial charge in [0.1, 0.15) is 16.5 Å². The van der Waals surface area contributed by atoms with E-state index < -0.39 is 17.9 Å². The van der Waals surface area contributed by atoms with Gasteiger partial charge in [-0.2, -0.15) is 0 Å². The van der Waals surface area contributed by atoms with Gasteiger partial charge >= 0.3 is 6.09 Å². The van der Waals surface area contributed by atoms with Crippen molar-refractivity contribution in [3.63, 3.8) is 0 Å². The van der Waals surface area contributed by atoms with Gasteiger partial charge in [-0.05, 0) is 31.0 Å². The minimum Gasteiger partial charge on any atom is -0.497 e. The molecule has 2 aromatic rings. The Morgan fingerprint density at radius 2 is 2.03 bits per heavy atom. The van der Waals surface area contributed by atoms with E-state index in [0.29, 0.717) is 36.0 Å². The van der Waals surface area contributed by atoms with Gasteiger partial charge in [-0.25, -0.2) is 4.79 Å². The molecular formula is C20H23N3O6S. The largest absolute Gasteiger partial charge is 0.497 e. The summed E-state index contributed by atoms with van der Waals surface area (Å²) in [5.41, 5.74) is 6.61. The fraction of sp³-hybridized carbons (Fsp3) is 0.350. The van der Waals surface area contributed by atoms with E-state index in [0.717, 1.165) is 10.4 Å². The molecule has 30 heavy (non-hydrogen) atoms. The van der Waals surface area contributed by atoms with Crippen molar-refractivity contribution in [1.82, 2.24) is 4.90 Å². The average molecular weight is 433 g/mol. The number of methoxy groups -OCH3 is 1. The number of anilines is 1. The fourth-order valence-electron chi connectivity index (χ4n) is 3.13. The van der Waals surface area contributed by atoms with Crippen molar-refractivity contribution < 1.29 is 28.6 Å². The van der Waals surface area contributed by atoms with Gasteiger partial charge in [0.05, 0.1) is 25.8 Å².